The van der Waals surface area contributed by atoms with Crippen molar-refractivity contribution >= 4 is 16.5 Å². The summed E-state index contributed by atoms with van der Waals surface area (Å²) in [5.74, 6) is 0. The minimum absolute atomic E-state index is 0.680. The average molecular weight is 200 g/mol. The lowest BCUT2D eigenvalue weighted by atomic mass is 10.1. The summed E-state index contributed by atoms with van der Waals surface area (Å²) in [4.78, 5) is 2.20. The van der Waals surface area contributed by atoms with Crippen LogP contribution in [0.2, 0.25) is 0 Å². The van der Waals surface area contributed by atoms with Crippen LogP contribution in [0.3, 0.4) is 0 Å². The van der Waals surface area contributed by atoms with Crippen LogP contribution in [0.5, 0.6) is 0 Å². The molecule has 2 aromatic rings. The quantitative estimate of drug-likeness (QED) is 0.823. The molecule has 0 bridgehead atoms. The van der Waals surface area contributed by atoms with E-state index in [1.807, 2.05) is 0 Å². The molecule has 2 rings (SSSR count). The third-order valence-electron chi connectivity index (χ3n) is 2.64. The van der Waals surface area contributed by atoms with Gasteiger partial charge in [0.2, 0.25) is 0 Å². The molecular formula is C13H16N2. The molecule has 2 aromatic carbocycles. The van der Waals surface area contributed by atoms with Crippen molar-refractivity contribution in [2.45, 2.75) is 0 Å². The van der Waals surface area contributed by atoms with Gasteiger partial charge in [-0.15, -0.1) is 0 Å². The number of nitrogens with two attached hydrogens (primary N) is 1. The third kappa shape index (κ3) is 1.95. The first-order valence-corrected chi connectivity index (χ1v) is 5.22. The van der Waals surface area contributed by atoms with Crippen molar-refractivity contribution in [2.24, 2.45) is 5.73 Å². The van der Waals surface area contributed by atoms with Gasteiger partial charge in [-0.3, -0.25) is 0 Å². The predicted molar refractivity (Wildman–Crippen MR) is 66.3 cm³/mol. The topological polar surface area (TPSA) is 29.3 Å². The van der Waals surface area contributed by atoms with Gasteiger partial charge in [0, 0.05) is 31.2 Å². The Hall–Kier alpha value is -1.54. The van der Waals surface area contributed by atoms with E-state index in [0.29, 0.717) is 6.54 Å². The molecular weight excluding hydrogens is 184 g/mol. The van der Waals surface area contributed by atoms with Crippen LogP contribution < -0.4 is 10.6 Å². The molecule has 0 aromatic heterocycles. The molecule has 0 aliphatic heterocycles. The van der Waals surface area contributed by atoms with Gasteiger partial charge >= 0.3 is 0 Å². The van der Waals surface area contributed by atoms with Crippen molar-refractivity contribution in [1.29, 1.82) is 0 Å². The number of fused-ring (bicyclic) bond motifs is 1. The molecule has 0 radical (unpaired) electrons. The fourth-order valence-corrected chi connectivity index (χ4v) is 1.86. The van der Waals surface area contributed by atoms with Crippen LogP contribution in [0.4, 0.5) is 5.69 Å². The summed E-state index contributed by atoms with van der Waals surface area (Å²) in [7, 11) is 2.08. The Balaban J connectivity index is 2.50. The number of benzene rings is 2. The smallest absolute Gasteiger partial charge is 0.0443 e. The van der Waals surface area contributed by atoms with E-state index < -0.39 is 0 Å². The Morgan fingerprint density at radius 3 is 2.60 bits per heavy atom. The average Bonchev–Trinajstić information content (AvgIpc) is 2.28. The van der Waals surface area contributed by atoms with Crippen molar-refractivity contribution in [3.05, 3.63) is 42.5 Å². The van der Waals surface area contributed by atoms with Gasteiger partial charge < -0.3 is 10.6 Å². The van der Waals surface area contributed by atoms with Crippen LogP contribution >= 0.6 is 0 Å². The van der Waals surface area contributed by atoms with Crippen LogP contribution in [0, 0.1) is 0 Å². The summed E-state index contributed by atoms with van der Waals surface area (Å²) >= 11 is 0. The monoisotopic (exact) mass is 200 g/mol. The highest BCUT2D eigenvalue weighted by atomic mass is 15.1. The molecule has 0 spiro atoms. The number of anilines is 1. The first kappa shape index (κ1) is 9.99. The Morgan fingerprint density at radius 2 is 1.80 bits per heavy atom. The molecule has 0 heterocycles. The summed E-state index contributed by atoms with van der Waals surface area (Å²) in [5, 5.41) is 2.56. The second-order valence-electron chi connectivity index (χ2n) is 3.71. The lowest BCUT2D eigenvalue weighted by molar-refractivity contribution is 0.889. The minimum Gasteiger partial charge on any atom is -0.373 e. The zero-order valence-corrected chi connectivity index (χ0v) is 8.98. The van der Waals surface area contributed by atoms with E-state index in [1.165, 1.54) is 16.5 Å². The van der Waals surface area contributed by atoms with Gasteiger partial charge in [-0.1, -0.05) is 36.4 Å². The molecule has 78 valence electrons. The molecule has 0 aliphatic rings. The van der Waals surface area contributed by atoms with Gasteiger partial charge in [-0.2, -0.15) is 0 Å². The second kappa shape index (κ2) is 4.32. The van der Waals surface area contributed by atoms with E-state index in [4.69, 9.17) is 5.73 Å². The minimum atomic E-state index is 0.680. The van der Waals surface area contributed by atoms with Crippen molar-refractivity contribution in [3.63, 3.8) is 0 Å². The van der Waals surface area contributed by atoms with Crippen LogP contribution in [0.25, 0.3) is 10.8 Å². The van der Waals surface area contributed by atoms with Crippen molar-refractivity contribution in [3.8, 4) is 0 Å². The van der Waals surface area contributed by atoms with Gasteiger partial charge in [-0.25, -0.2) is 0 Å². The third-order valence-corrected chi connectivity index (χ3v) is 2.64. The zero-order valence-electron chi connectivity index (χ0n) is 8.98. The SMILES string of the molecule is CN(CCN)c1cccc2ccccc12. The molecule has 0 atom stereocenters. The van der Waals surface area contributed by atoms with E-state index in [-0.39, 0.29) is 0 Å². The molecule has 0 saturated heterocycles. The number of hydrogen-bond acceptors (Lipinski definition) is 2. The fourth-order valence-electron chi connectivity index (χ4n) is 1.86. The first-order chi connectivity index (χ1) is 7.33. The van der Waals surface area contributed by atoms with Gasteiger partial charge in [0.25, 0.3) is 0 Å². The normalized spacial score (nSPS) is 10.5. The number of likely N-dealkylation sites (N-methyl/N-ethyl adjacent to an activating group) is 1. The summed E-state index contributed by atoms with van der Waals surface area (Å²) in [6.45, 7) is 1.56. The molecule has 0 saturated carbocycles. The van der Waals surface area contributed by atoms with Crippen molar-refractivity contribution in [2.75, 3.05) is 25.0 Å². The highest BCUT2D eigenvalue weighted by molar-refractivity contribution is 5.94. The largest absolute Gasteiger partial charge is 0.373 e. The van der Waals surface area contributed by atoms with Crippen molar-refractivity contribution in [1.82, 2.24) is 0 Å². The van der Waals surface area contributed by atoms with Gasteiger partial charge in [0.05, 0.1) is 0 Å². The lowest BCUT2D eigenvalue weighted by Gasteiger charge is -2.20. The van der Waals surface area contributed by atoms with E-state index in [1.54, 1.807) is 0 Å². The molecule has 0 amide bonds. The molecule has 15 heavy (non-hydrogen) atoms. The van der Waals surface area contributed by atoms with Crippen LogP contribution in [0.1, 0.15) is 0 Å². The summed E-state index contributed by atoms with van der Waals surface area (Å²) in [5.41, 5.74) is 6.82. The maximum atomic E-state index is 5.57. The van der Waals surface area contributed by atoms with Crippen LogP contribution in [-0.2, 0) is 0 Å². The van der Waals surface area contributed by atoms with Crippen LogP contribution in [-0.4, -0.2) is 20.1 Å². The number of rotatable bonds is 3. The van der Waals surface area contributed by atoms with E-state index >= 15 is 0 Å². The summed E-state index contributed by atoms with van der Waals surface area (Å²) in [6.07, 6.45) is 0. The Labute approximate surface area is 90.3 Å². The van der Waals surface area contributed by atoms with E-state index in [2.05, 4.69) is 54.4 Å². The zero-order chi connectivity index (χ0) is 10.7. The van der Waals surface area contributed by atoms with E-state index in [9.17, 15) is 0 Å². The second-order valence-corrected chi connectivity index (χ2v) is 3.71. The van der Waals surface area contributed by atoms with Crippen molar-refractivity contribution < 1.29 is 0 Å². The maximum Gasteiger partial charge on any atom is 0.0443 e. The fraction of sp³-hybridized carbons (Fsp3) is 0.231. The molecule has 0 aliphatic carbocycles. The Kier molecular flexibility index (Phi) is 2.88. The first-order valence-electron chi connectivity index (χ1n) is 5.22. The molecule has 2 heteroatoms. The van der Waals surface area contributed by atoms with Gasteiger partial charge in [0.15, 0.2) is 0 Å². The highest BCUT2D eigenvalue weighted by Gasteiger charge is 2.03. The van der Waals surface area contributed by atoms with Gasteiger partial charge in [0.1, 0.15) is 0 Å². The lowest BCUT2D eigenvalue weighted by Crippen LogP contribution is -2.25. The van der Waals surface area contributed by atoms with Gasteiger partial charge in [-0.05, 0) is 11.5 Å². The van der Waals surface area contributed by atoms with Crippen LogP contribution in [0.15, 0.2) is 42.5 Å². The summed E-state index contributed by atoms with van der Waals surface area (Å²) < 4.78 is 0. The standard InChI is InChI=1S/C13H16N2/c1-15(10-9-14)13-8-4-6-11-5-2-3-7-12(11)13/h2-8H,9-10,14H2,1H3. The molecule has 2 N–H and O–H groups in total. The maximum absolute atomic E-state index is 5.57. The van der Waals surface area contributed by atoms with E-state index in [0.717, 1.165) is 6.54 Å². The molecule has 2 nitrogen and oxygen atoms in total. The predicted octanol–water partition coefficient (Wildman–Crippen LogP) is 2.23. The summed E-state index contributed by atoms with van der Waals surface area (Å²) in [6, 6.07) is 14.8. The number of nitrogens with zero attached hydrogens (tertiary/aromatic N) is 1. The Bertz CT molecular complexity index is 446. The Morgan fingerprint density at radius 1 is 1.07 bits per heavy atom. The molecule has 0 unspecified atom stereocenters. The highest BCUT2D eigenvalue weighted by Crippen LogP contribution is 2.25. The number of hydrogen-bond donors (Lipinski definition) is 1. The molecule has 0 fully saturated rings.